The third-order valence-electron chi connectivity index (χ3n) is 2.87. The van der Waals surface area contributed by atoms with E-state index in [0.29, 0.717) is 6.54 Å². The molecule has 0 radical (unpaired) electrons. The largest absolute Gasteiger partial charge is 0.399 e. The molecule has 0 aliphatic heterocycles. The summed E-state index contributed by atoms with van der Waals surface area (Å²) in [7, 11) is -3.87. The van der Waals surface area contributed by atoms with Gasteiger partial charge in [0.15, 0.2) is 5.82 Å². The summed E-state index contributed by atoms with van der Waals surface area (Å²) in [5.41, 5.74) is 5.66. The maximum atomic E-state index is 13.9. The molecule has 2 rings (SSSR count). The van der Waals surface area contributed by atoms with Gasteiger partial charge in [-0.25, -0.2) is 12.8 Å². The summed E-state index contributed by atoms with van der Waals surface area (Å²) in [6, 6.07) is 2.28. The first-order chi connectivity index (χ1) is 8.37. The molecule has 0 atom stereocenters. The molecule has 1 fully saturated rings. The van der Waals surface area contributed by atoms with Gasteiger partial charge < -0.3 is 5.73 Å². The standard InChI is InChI=1S/C11H14ClFN2O2S/c1-2-15(8-3-4-8)18(16,17)10-6-7(14)5-9(12)11(10)13/h5-6,8H,2-4,14H2,1H3. The fourth-order valence-electron chi connectivity index (χ4n) is 1.88. The normalized spacial score (nSPS) is 16.2. The van der Waals surface area contributed by atoms with E-state index in [4.69, 9.17) is 17.3 Å². The van der Waals surface area contributed by atoms with E-state index in [1.807, 2.05) is 0 Å². The number of nitrogens with two attached hydrogens (primary N) is 1. The number of hydrogen-bond acceptors (Lipinski definition) is 3. The first-order valence-electron chi connectivity index (χ1n) is 5.64. The van der Waals surface area contributed by atoms with Gasteiger partial charge in [-0.3, -0.25) is 0 Å². The highest BCUT2D eigenvalue weighted by Crippen LogP contribution is 2.34. The zero-order valence-corrected chi connectivity index (χ0v) is 11.4. The van der Waals surface area contributed by atoms with E-state index in [-0.39, 0.29) is 16.8 Å². The predicted octanol–water partition coefficient (Wildman–Crippen LogP) is 2.23. The number of nitrogens with zero attached hydrogens (tertiary/aromatic N) is 1. The Morgan fingerprint density at radius 1 is 1.50 bits per heavy atom. The van der Waals surface area contributed by atoms with E-state index in [9.17, 15) is 12.8 Å². The van der Waals surface area contributed by atoms with Crippen molar-refractivity contribution in [2.75, 3.05) is 12.3 Å². The third-order valence-corrected chi connectivity index (χ3v) is 5.17. The Balaban J connectivity index is 2.52. The second kappa shape index (κ2) is 4.68. The summed E-state index contributed by atoms with van der Waals surface area (Å²) in [5.74, 6) is -0.940. The minimum absolute atomic E-state index is 0.0281. The van der Waals surface area contributed by atoms with Gasteiger partial charge in [-0.2, -0.15) is 4.31 Å². The number of nitrogen functional groups attached to an aromatic ring is 1. The minimum atomic E-state index is -3.87. The van der Waals surface area contributed by atoms with Crippen molar-refractivity contribution in [1.29, 1.82) is 0 Å². The number of anilines is 1. The van der Waals surface area contributed by atoms with Crippen molar-refractivity contribution in [3.63, 3.8) is 0 Å². The molecule has 4 nitrogen and oxygen atoms in total. The van der Waals surface area contributed by atoms with Crippen LogP contribution < -0.4 is 5.73 Å². The Hall–Kier alpha value is -0.850. The van der Waals surface area contributed by atoms with Crippen molar-refractivity contribution in [1.82, 2.24) is 4.31 Å². The molecule has 1 aromatic rings. The van der Waals surface area contributed by atoms with Crippen LogP contribution >= 0.6 is 11.6 Å². The Kier molecular flexibility index (Phi) is 3.53. The van der Waals surface area contributed by atoms with E-state index < -0.39 is 20.7 Å². The van der Waals surface area contributed by atoms with E-state index in [2.05, 4.69) is 0 Å². The maximum absolute atomic E-state index is 13.9. The van der Waals surface area contributed by atoms with Crippen LogP contribution in [0.1, 0.15) is 19.8 Å². The first-order valence-corrected chi connectivity index (χ1v) is 7.46. The van der Waals surface area contributed by atoms with Crippen LogP contribution in [-0.2, 0) is 10.0 Å². The second-order valence-electron chi connectivity index (χ2n) is 4.25. The third kappa shape index (κ3) is 2.32. The SMILES string of the molecule is CCN(C1CC1)S(=O)(=O)c1cc(N)cc(Cl)c1F. The molecule has 1 aliphatic carbocycles. The highest BCUT2D eigenvalue weighted by atomic mass is 35.5. The van der Waals surface area contributed by atoms with Crippen LogP contribution in [-0.4, -0.2) is 25.3 Å². The van der Waals surface area contributed by atoms with Gasteiger partial charge in [0.2, 0.25) is 10.0 Å². The molecule has 0 aromatic heterocycles. The van der Waals surface area contributed by atoms with Crippen LogP contribution in [0, 0.1) is 5.82 Å². The minimum Gasteiger partial charge on any atom is -0.399 e. The lowest BCUT2D eigenvalue weighted by Gasteiger charge is -2.20. The van der Waals surface area contributed by atoms with E-state index in [0.717, 1.165) is 18.9 Å². The lowest BCUT2D eigenvalue weighted by atomic mass is 10.3. The number of rotatable bonds is 4. The molecule has 1 aromatic carbocycles. The lowest BCUT2D eigenvalue weighted by molar-refractivity contribution is 0.417. The van der Waals surface area contributed by atoms with E-state index >= 15 is 0 Å². The van der Waals surface area contributed by atoms with Gasteiger partial charge in [0.05, 0.1) is 5.02 Å². The van der Waals surface area contributed by atoms with Gasteiger partial charge in [0, 0.05) is 18.3 Å². The highest BCUT2D eigenvalue weighted by molar-refractivity contribution is 7.89. The summed E-state index contributed by atoms with van der Waals surface area (Å²) >= 11 is 5.63. The van der Waals surface area contributed by atoms with E-state index in [1.165, 1.54) is 10.4 Å². The summed E-state index contributed by atoms with van der Waals surface area (Å²) < 4.78 is 39.8. The number of sulfonamides is 1. The van der Waals surface area contributed by atoms with Gasteiger partial charge >= 0.3 is 0 Å². The Morgan fingerprint density at radius 2 is 2.11 bits per heavy atom. The van der Waals surface area contributed by atoms with Crippen molar-refractivity contribution >= 4 is 27.3 Å². The van der Waals surface area contributed by atoms with Crippen LogP contribution in [0.15, 0.2) is 17.0 Å². The van der Waals surface area contributed by atoms with Crippen LogP contribution in [0.5, 0.6) is 0 Å². The fraction of sp³-hybridized carbons (Fsp3) is 0.455. The molecule has 7 heteroatoms. The molecule has 0 heterocycles. The summed E-state index contributed by atoms with van der Waals surface area (Å²) in [4.78, 5) is -0.443. The molecular formula is C11H14ClFN2O2S. The van der Waals surface area contributed by atoms with Crippen molar-refractivity contribution < 1.29 is 12.8 Å². The number of hydrogen-bond donors (Lipinski definition) is 1. The van der Waals surface area contributed by atoms with Crippen molar-refractivity contribution in [3.8, 4) is 0 Å². The fourth-order valence-corrected chi connectivity index (χ4v) is 3.99. The summed E-state index contributed by atoms with van der Waals surface area (Å²) in [6.45, 7) is 2.03. The molecule has 0 bridgehead atoms. The Bertz CT molecular complexity index is 573. The quantitative estimate of drug-likeness (QED) is 0.866. The number of benzene rings is 1. The molecule has 1 aliphatic rings. The molecular weight excluding hydrogens is 279 g/mol. The first kappa shape index (κ1) is 13.6. The number of halogens is 2. The Morgan fingerprint density at radius 3 is 2.61 bits per heavy atom. The van der Waals surface area contributed by atoms with Crippen LogP contribution in [0.4, 0.5) is 10.1 Å². The smallest absolute Gasteiger partial charge is 0.246 e. The zero-order chi connectivity index (χ0) is 13.5. The van der Waals surface area contributed by atoms with Gasteiger partial charge in [0.1, 0.15) is 4.90 Å². The average molecular weight is 293 g/mol. The summed E-state index contributed by atoms with van der Waals surface area (Å²) in [5, 5.41) is -0.277. The van der Waals surface area contributed by atoms with Crippen LogP contribution in [0.25, 0.3) is 0 Å². The highest BCUT2D eigenvalue weighted by Gasteiger charge is 2.38. The molecule has 0 saturated heterocycles. The maximum Gasteiger partial charge on any atom is 0.246 e. The van der Waals surface area contributed by atoms with Crippen LogP contribution in [0.2, 0.25) is 5.02 Å². The molecule has 0 unspecified atom stereocenters. The van der Waals surface area contributed by atoms with Gasteiger partial charge in [-0.1, -0.05) is 18.5 Å². The monoisotopic (exact) mass is 292 g/mol. The lowest BCUT2D eigenvalue weighted by Crippen LogP contribution is -2.33. The molecule has 2 N–H and O–H groups in total. The Labute approximate surface area is 111 Å². The van der Waals surface area contributed by atoms with Crippen molar-refractivity contribution in [3.05, 3.63) is 23.0 Å². The zero-order valence-electron chi connectivity index (χ0n) is 9.86. The topological polar surface area (TPSA) is 63.4 Å². The van der Waals surface area contributed by atoms with Gasteiger partial charge in [-0.15, -0.1) is 0 Å². The van der Waals surface area contributed by atoms with Crippen LogP contribution in [0.3, 0.4) is 0 Å². The average Bonchev–Trinajstić information content (AvgIpc) is 3.08. The molecule has 0 amide bonds. The predicted molar refractivity (Wildman–Crippen MR) is 68.4 cm³/mol. The van der Waals surface area contributed by atoms with Crippen molar-refractivity contribution in [2.24, 2.45) is 0 Å². The van der Waals surface area contributed by atoms with Gasteiger partial charge in [0.25, 0.3) is 0 Å². The molecule has 0 spiro atoms. The summed E-state index contributed by atoms with van der Waals surface area (Å²) in [6.07, 6.45) is 1.62. The molecule has 18 heavy (non-hydrogen) atoms. The van der Waals surface area contributed by atoms with E-state index in [1.54, 1.807) is 6.92 Å². The van der Waals surface area contributed by atoms with Crippen molar-refractivity contribution in [2.45, 2.75) is 30.7 Å². The molecule has 100 valence electrons. The van der Waals surface area contributed by atoms with Gasteiger partial charge in [-0.05, 0) is 25.0 Å². The molecule has 1 saturated carbocycles. The second-order valence-corrected chi connectivity index (χ2v) is 6.52.